The van der Waals surface area contributed by atoms with Crippen LogP contribution in [0.4, 0.5) is 11.8 Å². The average Bonchev–Trinajstić information content (AvgIpc) is 2.35. The van der Waals surface area contributed by atoms with Crippen molar-refractivity contribution in [1.82, 2.24) is 15.3 Å². The summed E-state index contributed by atoms with van der Waals surface area (Å²) in [5.41, 5.74) is 2.47. The van der Waals surface area contributed by atoms with E-state index in [4.69, 9.17) is 4.98 Å². The molecular formula is C14H25N5. The molecule has 2 rings (SSSR count). The van der Waals surface area contributed by atoms with Crippen LogP contribution in [0.1, 0.15) is 32.0 Å². The highest BCUT2D eigenvalue weighted by Gasteiger charge is 2.26. The molecule has 1 aromatic rings. The van der Waals surface area contributed by atoms with Crippen molar-refractivity contribution in [2.45, 2.75) is 39.3 Å². The van der Waals surface area contributed by atoms with Crippen molar-refractivity contribution in [3.05, 3.63) is 11.3 Å². The van der Waals surface area contributed by atoms with Gasteiger partial charge >= 0.3 is 0 Å². The fourth-order valence-corrected chi connectivity index (χ4v) is 2.11. The molecule has 2 heterocycles. The van der Waals surface area contributed by atoms with Gasteiger partial charge < -0.3 is 15.1 Å². The van der Waals surface area contributed by atoms with E-state index < -0.39 is 0 Å². The zero-order chi connectivity index (χ0) is 14.2. The van der Waals surface area contributed by atoms with Gasteiger partial charge in [0.1, 0.15) is 5.82 Å². The van der Waals surface area contributed by atoms with Gasteiger partial charge in [0, 0.05) is 51.8 Å². The molecular weight excluding hydrogens is 238 g/mol. The van der Waals surface area contributed by atoms with Gasteiger partial charge in [0.2, 0.25) is 5.95 Å². The maximum Gasteiger partial charge on any atom is 0.227 e. The Morgan fingerprint density at radius 1 is 1.11 bits per heavy atom. The Kier molecular flexibility index (Phi) is 3.67. The maximum absolute atomic E-state index is 4.75. The molecule has 0 saturated heterocycles. The Balaban J connectivity index is 2.54. The van der Waals surface area contributed by atoms with Crippen molar-refractivity contribution in [2.24, 2.45) is 0 Å². The Hall–Kier alpha value is -1.36. The predicted molar refractivity (Wildman–Crippen MR) is 79.9 cm³/mol. The van der Waals surface area contributed by atoms with Crippen LogP contribution in [0.2, 0.25) is 0 Å². The molecule has 1 aliphatic rings. The summed E-state index contributed by atoms with van der Waals surface area (Å²) in [5, 5.41) is 3.42. The standard InChI is InChI=1S/C14H25N5/c1-14(2,3)19(6)12-10-9-15-8-7-11(10)16-13(17-12)18(4)5/h15H,7-9H2,1-6H3. The summed E-state index contributed by atoms with van der Waals surface area (Å²) in [5.74, 6) is 1.85. The molecule has 0 aliphatic carbocycles. The van der Waals surface area contributed by atoms with Crippen LogP contribution in [0.5, 0.6) is 0 Å². The first kappa shape index (κ1) is 14.1. The largest absolute Gasteiger partial charge is 0.354 e. The Morgan fingerprint density at radius 3 is 2.37 bits per heavy atom. The SMILES string of the molecule is CN(C)c1nc2c(c(N(C)C(C)(C)C)n1)CNCC2. The zero-order valence-corrected chi connectivity index (χ0v) is 12.9. The number of nitrogens with one attached hydrogen (secondary N) is 1. The normalized spacial score (nSPS) is 15.1. The summed E-state index contributed by atoms with van der Waals surface area (Å²) in [4.78, 5) is 13.7. The predicted octanol–water partition coefficient (Wildman–Crippen LogP) is 1.42. The van der Waals surface area contributed by atoms with Crippen molar-refractivity contribution in [1.29, 1.82) is 0 Å². The Bertz CT molecular complexity index is 462. The molecule has 0 fully saturated rings. The number of rotatable bonds is 2. The summed E-state index contributed by atoms with van der Waals surface area (Å²) < 4.78 is 0. The lowest BCUT2D eigenvalue weighted by Crippen LogP contribution is -2.41. The van der Waals surface area contributed by atoms with E-state index in [1.165, 1.54) is 11.3 Å². The van der Waals surface area contributed by atoms with Crippen LogP contribution in [0.3, 0.4) is 0 Å². The highest BCUT2D eigenvalue weighted by atomic mass is 15.3. The van der Waals surface area contributed by atoms with Crippen molar-refractivity contribution in [3.63, 3.8) is 0 Å². The molecule has 0 amide bonds. The average molecular weight is 263 g/mol. The lowest BCUT2D eigenvalue weighted by Gasteiger charge is -2.36. The summed E-state index contributed by atoms with van der Waals surface area (Å²) in [7, 11) is 6.09. The lowest BCUT2D eigenvalue weighted by atomic mass is 10.0. The Morgan fingerprint density at radius 2 is 1.79 bits per heavy atom. The highest BCUT2D eigenvalue weighted by Crippen LogP contribution is 2.29. The van der Waals surface area contributed by atoms with E-state index >= 15 is 0 Å². The maximum atomic E-state index is 4.75. The lowest BCUT2D eigenvalue weighted by molar-refractivity contribution is 0.525. The van der Waals surface area contributed by atoms with Crippen LogP contribution < -0.4 is 15.1 Å². The molecule has 0 radical (unpaired) electrons. The number of anilines is 2. The van der Waals surface area contributed by atoms with E-state index in [1.807, 2.05) is 19.0 Å². The van der Waals surface area contributed by atoms with Crippen LogP contribution in [0, 0.1) is 0 Å². The summed E-state index contributed by atoms with van der Waals surface area (Å²) in [6, 6.07) is 0. The molecule has 0 atom stereocenters. The number of nitrogens with zero attached hydrogens (tertiary/aromatic N) is 4. The molecule has 19 heavy (non-hydrogen) atoms. The molecule has 0 saturated carbocycles. The molecule has 1 aromatic heterocycles. The minimum atomic E-state index is 0.0448. The van der Waals surface area contributed by atoms with Gasteiger partial charge in [0.05, 0.1) is 5.69 Å². The molecule has 1 N–H and O–H groups in total. The van der Waals surface area contributed by atoms with Crippen molar-refractivity contribution >= 4 is 11.8 Å². The van der Waals surface area contributed by atoms with Gasteiger partial charge in [-0.05, 0) is 20.8 Å². The van der Waals surface area contributed by atoms with Gasteiger partial charge in [-0.3, -0.25) is 0 Å². The number of aromatic nitrogens is 2. The number of hydrogen-bond acceptors (Lipinski definition) is 5. The molecule has 5 nitrogen and oxygen atoms in total. The molecule has 0 aromatic carbocycles. The van der Waals surface area contributed by atoms with Crippen LogP contribution in [0.15, 0.2) is 0 Å². The molecule has 5 heteroatoms. The monoisotopic (exact) mass is 263 g/mol. The third-order valence-electron chi connectivity index (χ3n) is 3.62. The fourth-order valence-electron chi connectivity index (χ4n) is 2.11. The topological polar surface area (TPSA) is 44.3 Å². The van der Waals surface area contributed by atoms with Crippen molar-refractivity contribution < 1.29 is 0 Å². The van der Waals surface area contributed by atoms with Crippen LogP contribution in [-0.2, 0) is 13.0 Å². The molecule has 1 aliphatic heterocycles. The van der Waals surface area contributed by atoms with Gasteiger partial charge in [0.25, 0.3) is 0 Å². The molecule has 0 unspecified atom stereocenters. The first-order valence-electron chi connectivity index (χ1n) is 6.82. The van der Waals surface area contributed by atoms with Gasteiger partial charge in [-0.1, -0.05) is 0 Å². The second-order valence-corrected chi connectivity index (χ2v) is 6.32. The van der Waals surface area contributed by atoms with Crippen LogP contribution >= 0.6 is 0 Å². The molecule has 0 bridgehead atoms. The van der Waals surface area contributed by atoms with Crippen molar-refractivity contribution in [3.8, 4) is 0 Å². The molecule has 106 valence electrons. The summed E-state index contributed by atoms with van der Waals surface area (Å²) >= 11 is 0. The van der Waals surface area contributed by atoms with E-state index in [9.17, 15) is 0 Å². The van der Waals surface area contributed by atoms with E-state index in [-0.39, 0.29) is 5.54 Å². The Labute approximate surface area is 116 Å². The molecule has 0 spiro atoms. The van der Waals surface area contributed by atoms with E-state index in [0.29, 0.717) is 0 Å². The zero-order valence-electron chi connectivity index (χ0n) is 12.9. The van der Waals surface area contributed by atoms with E-state index in [2.05, 4.69) is 43.0 Å². The second kappa shape index (κ2) is 4.96. The van der Waals surface area contributed by atoms with Gasteiger partial charge in [-0.15, -0.1) is 0 Å². The van der Waals surface area contributed by atoms with E-state index in [0.717, 1.165) is 31.3 Å². The third-order valence-corrected chi connectivity index (χ3v) is 3.62. The smallest absolute Gasteiger partial charge is 0.227 e. The minimum Gasteiger partial charge on any atom is -0.354 e. The third kappa shape index (κ3) is 2.81. The summed E-state index contributed by atoms with van der Waals surface area (Å²) in [6.45, 7) is 8.46. The number of hydrogen-bond donors (Lipinski definition) is 1. The summed E-state index contributed by atoms with van der Waals surface area (Å²) in [6.07, 6.45) is 0.976. The highest BCUT2D eigenvalue weighted by molar-refractivity contribution is 5.54. The van der Waals surface area contributed by atoms with Gasteiger partial charge in [0.15, 0.2) is 0 Å². The fraction of sp³-hybridized carbons (Fsp3) is 0.714. The quantitative estimate of drug-likeness (QED) is 0.874. The van der Waals surface area contributed by atoms with E-state index in [1.54, 1.807) is 0 Å². The van der Waals surface area contributed by atoms with Gasteiger partial charge in [-0.25, -0.2) is 4.98 Å². The van der Waals surface area contributed by atoms with Crippen LogP contribution in [0.25, 0.3) is 0 Å². The van der Waals surface area contributed by atoms with Crippen LogP contribution in [-0.4, -0.2) is 43.2 Å². The first-order valence-corrected chi connectivity index (χ1v) is 6.82. The second-order valence-electron chi connectivity index (χ2n) is 6.32. The first-order chi connectivity index (χ1) is 8.80. The number of fused-ring (bicyclic) bond motifs is 1. The van der Waals surface area contributed by atoms with Crippen molar-refractivity contribution in [2.75, 3.05) is 37.5 Å². The van der Waals surface area contributed by atoms with Gasteiger partial charge in [-0.2, -0.15) is 4.98 Å². The minimum absolute atomic E-state index is 0.0448.